The van der Waals surface area contributed by atoms with Gasteiger partial charge in [0.1, 0.15) is 6.10 Å². The molecular formula is C12H23N3O4. The Morgan fingerprint density at radius 3 is 2.68 bits per heavy atom. The molecule has 2 amide bonds. The van der Waals surface area contributed by atoms with Gasteiger partial charge in [-0.3, -0.25) is 0 Å². The summed E-state index contributed by atoms with van der Waals surface area (Å²) in [5.74, 6) is 0. The third kappa shape index (κ3) is 3.56. The number of morpholine rings is 1. The van der Waals surface area contributed by atoms with Gasteiger partial charge in [0.05, 0.1) is 32.0 Å². The molecule has 2 aliphatic rings. The number of nitrogens with one attached hydrogen (secondary N) is 1. The lowest BCUT2D eigenvalue weighted by Gasteiger charge is -2.28. The third-order valence-corrected chi connectivity index (χ3v) is 3.67. The molecule has 2 rings (SSSR count). The van der Waals surface area contributed by atoms with Gasteiger partial charge in [-0.15, -0.1) is 0 Å². The van der Waals surface area contributed by atoms with Crippen molar-refractivity contribution in [1.29, 1.82) is 0 Å². The second-order valence-corrected chi connectivity index (χ2v) is 5.18. The Hall–Kier alpha value is -0.890. The van der Waals surface area contributed by atoms with Crippen LogP contribution in [0.25, 0.3) is 0 Å². The molecule has 2 N–H and O–H groups in total. The number of carbonyl (C=O) groups is 1. The van der Waals surface area contributed by atoms with Gasteiger partial charge in [-0.1, -0.05) is 0 Å². The molecule has 0 aromatic carbocycles. The van der Waals surface area contributed by atoms with Crippen molar-refractivity contribution in [3.8, 4) is 0 Å². The van der Waals surface area contributed by atoms with Crippen LogP contribution < -0.4 is 5.32 Å². The Labute approximate surface area is 113 Å². The van der Waals surface area contributed by atoms with Gasteiger partial charge in [-0.25, -0.2) is 4.79 Å². The lowest BCUT2D eigenvalue weighted by molar-refractivity contribution is 0.0331. The van der Waals surface area contributed by atoms with Crippen LogP contribution in [0.3, 0.4) is 0 Å². The van der Waals surface area contributed by atoms with Crippen LogP contribution >= 0.6 is 0 Å². The summed E-state index contributed by atoms with van der Waals surface area (Å²) in [4.78, 5) is 15.5. The molecule has 2 aliphatic heterocycles. The van der Waals surface area contributed by atoms with Gasteiger partial charge in [0.15, 0.2) is 0 Å². The predicted octanol–water partition coefficient (Wildman–Crippen LogP) is -1.28. The van der Waals surface area contributed by atoms with E-state index < -0.39 is 6.10 Å². The Balaban J connectivity index is 1.75. The minimum absolute atomic E-state index is 0.00899. The number of urea groups is 1. The van der Waals surface area contributed by atoms with Crippen molar-refractivity contribution in [3.05, 3.63) is 0 Å². The molecule has 3 unspecified atom stereocenters. The fraction of sp³-hybridized carbons (Fsp3) is 0.917. The average Bonchev–Trinajstić information content (AvgIpc) is 2.78. The monoisotopic (exact) mass is 273 g/mol. The van der Waals surface area contributed by atoms with E-state index in [0.29, 0.717) is 39.5 Å². The number of nitrogens with zero attached hydrogens (tertiary/aromatic N) is 2. The minimum atomic E-state index is -0.569. The van der Waals surface area contributed by atoms with Crippen LogP contribution in [0.2, 0.25) is 0 Å². The van der Waals surface area contributed by atoms with Crippen LogP contribution in [0.5, 0.6) is 0 Å². The van der Waals surface area contributed by atoms with Crippen LogP contribution in [0.15, 0.2) is 0 Å². The largest absolute Gasteiger partial charge is 0.389 e. The van der Waals surface area contributed by atoms with E-state index in [2.05, 4.69) is 5.32 Å². The summed E-state index contributed by atoms with van der Waals surface area (Å²) in [5.41, 5.74) is 0. The molecule has 0 bridgehead atoms. The zero-order valence-electron chi connectivity index (χ0n) is 11.5. The van der Waals surface area contributed by atoms with Gasteiger partial charge in [0.2, 0.25) is 0 Å². The van der Waals surface area contributed by atoms with E-state index in [1.54, 1.807) is 4.90 Å². The van der Waals surface area contributed by atoms with E-state index in [4.69, 9.17) is 9.47 Å². The van der Waals surface area contributed by atoms with E-state index in [9.17, 15) is 9.90 Å². The van der Waals surface area contributed by atoms with Gasteiger partial charge < -0.3 is 29.7 Å². The molecule has 2 saturated heterocycles. The zero-order valence-corrected chi connectivity index (χ0v) is 11.5. The lowest BCUT2D eigenvalue weighted by atomic mass is 10.1. The van der Waals surface area contributed by atoms with Gasteiger partial charge in [-0.05, 0) is 14.1 Å². The third-order valence-electron chi connectivity index (χ3n) is 3.67. The highest BCUT2D eigenvalue weighted by molar-refractivity contribution is 5.74. The molecule has 2 fully saturated rings. The molecule has 0 aromatic rings. The molecule has 0 saturated carbocycles. The fourth-order valence-electron chi connectivity index (χ4n) is 2.37. The number of hydrogen-bond acceptors (Lipinski definition) is 5. The highest BCUT2D eigenvalue weighted by Gasteiger charge is 2.37. The van der Waals surface area contributed by atoms with E-state index in [0.717, 1.165) is 0 Å². The standard InChI is InChI=1S/C12H23N3O4/c1-14(2)9-8-19-10(11(9)16)7-13-12(17)15-3-5-18-6-4-15/h9-11,16H,3-8H2,1-2H3,(H,13,17). The molecule has 110 valence electrons. The van der Waals surface area contributed by atoms with Crippen molar-refractivity contribution in [2.45, 2.75) is 18.2 Å². The molecule has 0 radical (unpaired) electrons. The van der Waals surface area contributed by atoms with Crippen molar-refractivity contribution in [3.63, 3.8) is 0 Å². The highest BCUT2D eigenvalue weighted by atomic mass is 16.5. The van der Waals surface area contributed by atoms with Crippen LogP contribution in [-0.4, -0.2) is 92.7 Å². The number of carbonyl (C=O) groups excluding carboxylic acids is 1. The average molecular weight is 273 g/mol. The number of amides is 2. The smallest absolute Gasteiger partial charge is 0.317 e. The van der Waals surface area contributed by atoms with Crippen molar-refractivity contribution in [1.82, 2.24) is 15.1 Å². The van der Waals surface area contributed by atoms with Crippen molar-refractivity contribution >= 4 is 6.03 Å². The first-order valence-corrected chi connectivity index (χ1v) is 6.66. The van der Waals surface area contributed by atoms with Crippen LogP contribution in [0.4, 0.5) is 4.79 Å². The Bertz CT molecular complexity index is 307. The quantitative estimate of drug-likeness (QED) is 0.670. The fourth-order valence-corrected chi connectivity index (χ4v) is 2.37. The number of aliphatic hydroxyl groups is 1. The van der Waals surface area contributed by atoms with Crippen molar-refractivity contribution in [2.75, 3.05) is 53.6 Å². The number of hydrogen-bond donors (Lipinski definition) is 2. The van der Waals surface area contributed by atoms with E-state index in [-0.39, 0.29) is 18.2 Å². The molecule has 19 heavy (non-hydrogen) atoms. The first kappa shape index (κ1) is 14.5. The second-order valence-electron chi connectivity index (χ2n) is 5.18. The molecule has 0 aliphatic carbocycles. The summed E-state index contributed by atoms with van der Waals surface area (Å²) in [6.45, 7) is 3.21. The summed E-state index contributed by atoms with van der Waals surface area (Å²) < 4.78 is 10.7. The van der Waals surface area contributed by atoms with Crippen LogP contribution in [-0.2, 0) is 9.47 Å². The maximum Gasteiger partial charge on any atom is 0.317 e. The van der Waals surface area contributed by atoms with Gasteiger partial charge >= 0.3 is 6.03 Å². The zero-order chi connectivity index (χ0) is 13.8. The molecule has 7 nitrogen and oxygen atoms in total. The summed E-state index contributed by atoms with van der Waals surface area (Å²) in [6.07, 6.45) is -0.905. The Kier molecular flexibility index (Phi) is 4.98. The van der Waals surface area contributed by atoms with Crippen LogP contribution in [0.1, 0.15) is 0 Å². The maximum absolute atomic E-state index is 11.9. The maximum atomic E-state index is 11.9. The van der Waals surface area contributed by atoms with E-state index in [1.165, 1.54) is 0 Å². The van der Waals surface area contributed by atoms with E-state index >= 15 is 0 Å². The molecule has 7 heteroatoms. The SMILES string of the molecule is CN(C)C1COC(CNC(=O)N2CCOCC2)C1O. The Morgan fingerprint density at radius 1 is 1.42 bits per heavy atom. The summed E-state index contributed by atoms with van der Waals surface area (Å²) >= 11 is 0. The van der Waals surface area contributed by atoms with Gasteiger partial charge in [0.25, 0.3) is 0 Å². The molecule has 0 spiro atoms. The topological polar surface area (TPSA) is 74.3 Å². The first-order chi connectivity index (χ1) is 9.09. The molecule has 3 atom stereocenters. The first-order valence-electron chi connectivity index (χ1n) is 6.66. The second kappa shape index (κ2) is 6.51. The minimum Gasteiger partial charge on any atom is -0.389 e. The van der Waals surface area contributed by atoms with Crippen LogP contribution in [0, 0.1) is 0 Å². The predicted molar refractivity (Wildman–Crippen MR) is 69.0 cm³/mol. The normalized spacial score (nSPS) is 31.8. The summed E-state index contributed by atoms with van der Waals surface area (Å²) in [7, 11) is 3.82. The number of ether oxygens (including phenoxy) is 2. The molecule has 2 heterocycles. The van der Waals surface area contributed by atoms with Gasteiger partial charge in [0, 0.05) is 19.6 Å². The summed E-state index contributed by atoms with van der Waals surface area (Å²) in [6, 6.07) is -0.127. The Morgan fingerprint density at radius 2 is 2.11 bits per heavy atom. The van der Waals surface area contributed by atoms with E-state index in [1.807, 2.05) is 19.0 Å². The number of aliphatic hydroxyl groups excluding tert-OH is 1. The molecule has 0 aromatic heterocycles. The summed E-state index contributed by atoms with van der Waals surface area (Å²) in [5, 5.41) is 12.9. The number of likely N-dealkylation sites (N-methyl/N-ethyl adjacent to an activating group) is 1. The highest BCUT2D eigenvalue weighted by Crippen LogP contribution is 2.17. The van der Waals surface area contributed by atoms with Crippen molar-refractivity contribution < 1.29 is 19.4 Å². The number of rotatable bonds is 3. The van der Waals surface area contributed by atoms with Gasteiger partial charge in [-0.2, -0.15) is 0 Å². The van der Waals surface area contributed by atoms with Crippen molar-refractivity contribution in [2.24, 2.45) is 0 Å². The lowest BCUT2D eigenvalue weighted by Crippen LogP contribution is -2.49. The molecular weight excluding hydrogens is 250 g/mol.